The molecule has 0 fully saturated rings. The molecule has 32 heavy (non-hydrogen) atoms. The third-order valence-corrected chi connectivity index (χ3v) is 8.36. The summed E-state index contributed by atoms with van der Waals surface area (Å²) in [6.45, 7) is 0. The summed E-state index contributed by atoms with van der Waals surface area (Å²) in [4.78, 5) is 0. The van der Waals surface area contributed by atoms with Crippen LogP contribution in [0.3, 0.4) is 0 Å². The zero-order chi connectivity index (χ0) is 23.3. The molecule has 3 aromatic rings. The summed E-state index contributed by atoms with van der Waals surface area (Å²) in [7, 11) is 5.24. The van der Waals surface area contributed by atoms with Crippen molar-refractivity contribution in [1.82, 2.24) is 0 Å². The molecule has 0 atom stereocenters. The maximum Gasteiger partial charge on any atom is 0.193 e. The van der Waals surface area contributed by atoms with E-state index in [-0.39, 0.29) is 0 Å². The third kappa shape index (κ3) is 3.73. The molecule has 0 saturated carbocycles. The summed E-state index contributed by atoms with van der Waals surface area (Å²) in [5, 5.41) is 1.03. The molecule has 0 bridgehead atoms. The smallest absolute Gasteiger partial charge is 0.193 e. The van der Waals surface area contributed by atoms with Crippen molar-refractivity contribution in [2.75, 3.05) is 42.7 Å². The number of methoxy groups -OCH3 is 6. The van der Waals surface area contributed by atoms with Gasteiger partial charge in [0.05, 0.1) is 42.7 Å². The fourth-order valence-electron chi connectivity index (χ4n) is 3.76. The second-order valence-corrected chi connectivity index (χ2v) is 9.20. The van der Waals surface area contributed by atoms with E-state index in [4.69, 9.17) is 28.4 Å². The summed E-state index contributed by atoms with van der Waals surface area (Å²) in [5.41, 5.74) is 0. The molecule has 0 heterocycles. The monoisotopic (exact) mass is 458 g/mol. The maximum atomic E-state index is 15.6. The first-order chi connectivity index (χ1) is 15.5. The first-order valence-corrected chi connectivity index (χ1v) is 11.5. The first-order valence-electron chi connectivity index (χ1n) is 9.76. The Morgan fingerprint density at radius 1 is 0.438 bits per heavy atom. The normalized spacial score (nSPS) is 10.9. The lowest BCUT2D eigenvalue weighted by Gasteiger charge is -2.28. The summed E-state index contributed by atoms with van der Waals surface area (Å²) >= 11 is 0. The van der Waals surface area contributed by atoms with Crippen LogP contribution in [-0.4, -0.2) is 42.7 Å². The Hall–Kier alpha value is -3.31. The second kappa shape index (κ2) is 9.88. The van der Waals surface area contributed by atoms with Crippen LogP contribution in [0.1, 0.15) is 0 Å². The maximum absolute atomic E-state index is 15.6. The molecule has 0 spiro atoms. The van der Waals surface area contributed by atoms with Crippen LogP contribution in [0.4, 0.5) is 0 Å². The van der Waals surface area contributed by atoms with Gasteiger partial charge in [0.15, 0.2) is 7.14 Å². The highest BCUT2D eigenvalue weighted by Crippen LogP contribution is 2.55. The van der Waals surface area contributed by atoms with E-state index in [1.165, 1.54) is 42.7 Å². The molecule has 3 aromatic carbocycles. The molecule has 7 nitrogen and oxygen atoms in total. The van der Waals surface area contributed by atoms with E-state index in [0.717, 1.165) is 0 Å². The molecule has 3 rings (SSSR count). The van der Waals surface area contributed by atoms with Crippen molar-refractivity contribution in [2.45, 2.75) is 0 Å². The van der Waals surface area contributed by atoms with Crippen LogP contribution in [0, 0.1) is 0 Å². The molecule has 0 unspecified atom stereocenters. The summed E-state index contributed by atoms with van der Waals surface area (Å²) in [6.07, 6.45) is 0. The van der Waals surface area contributed by atoms with Crippen molar-refractivity contribution in [3.05, 3.63) is 54.6 Å². The van der Waals surface area contributed by atoms with Gasteiger partial charge in [-0.3, -0.25) is 0 Å². The van der Waals surface area contributed by atoms with Crippen LogP contribution < -0.4 is 44.3 Å². The van der Waals surface area contributed by atoms with Gasteiger partial charge in [-0.2, -0.15) is 0 Å². The lowest BCUT2D eigenvalue weighted by atomic mass is 10.3. The van der Waals surface area contributed by atoms with Gasteiger partial charge in [0, 0.05) is 0 Å². The number of hydrogen-bond acceptors (Lipinski definition) is 7. The van der Waals surface area contributed by atoms with Crippen molar-refractivity contribution in [2.24, 2.45) is 0 Å². The van der Waals surface area contributed by atoms with E-state index >= 15 is 4.57 Å². The number of hydrogen-bond donors (Lipinski definition) is 0. The van der Waals surface area contributed by atoms with E-state index in [2.05, 4.69) is 0 Å². The van der Waals surface area contributed by atoms with Crippen LogP contribution in [-0.2, 0) is 4.57 Å². The molecule has 0 N–H and O–H groups in total. The number of benzene rings is 3. The Balaban J connectivity index is 2.64. The van der Waals surface area contributed by atoms with E-state index in [0.29, 0.717) is 50.4 Å². The predicted molar refractivity (Wildman–Crippen MR) is 125 cm³/mol. The average molecular weight is 458 g/mol. The summed E-state index contributed by atoms with van der Waals surface area (Å²) in [6, 6.07) is 15.7. The lowest BCUT2D eigenvalue weighted by Crippen LogP contribution is -2.31. The Morgan fingerprint density at radius 3 is 0.781 bits per heavy atom. The van der Waals surface area contributed by atoms with Crippen LogP contribution in [0.15, 0.2) is 54.6 Å². The third-order valence-electron chi connectivity index (χ3n) is 5.15. The molecule has 0 aliphatic heterocycles. The van der Waals surface area contributed by atoms with Gasteiger partial charge in [0.2, 0.25) is 0 Å². The molecule has 0 saturated heterocycles. The minimum atomic E-state index is -3.85. The second-order valence-electron chi connectivity index (χ2n) is 6.64. The Bertz CT molecular complexity index is 935. The molecule has 8 heteroatoms. The average Bonchev–Trinajstić information content (AvgIpc) is 2.86. The zero-order valence-corrected chi connectivity index (χ0v) is 19.9. The quantitative estimate of drug-likeness (QED) is 0.455. The van der Waals surface area contributed by atoms with Crippen LogP contribution in [0.25, 0.3) is 0 Å². The molecular formula is C24H27O7P. The Labute approximate surface area is 188 Å². The topological polar surface area (TPSA) is 72.5 Å². The van der Waals surface area contributed by atoms with Gasteiger partial charge in [-0.1, -0.05) is 18.2 Å². The highest BCUT2D eigenvalue weighted by Gasteiger charge is 2.44. The molecule has 0 aliphatic rings. The van der Waals surface area contributed by atoms with E-state index in [9.17, 15) is 0 Å². The minimum absolute atomic E-state index is 0.343. The highest BCUT2D eigenvalue weighted by atomic mass is 31.2. The minimum Gasteiger partial charge on any atom is -0.496 e. The molecule has 0 radical (unpaired) electrons. The van der Waals surface area contributed by atoms with E-state index < -0.39 is 7.14 Å². The fourth-order valence-corrected chi connectivity index (χ4v) is 7.29. The van der Waals surface area contributed by atoms with Crippen LogP contribution >= 0.6 is 7.14 Å². The lowest BCUT2D eigenvalue weighted by molar-refractivity contribution is 0.396. The van der Waals surface area contributed by atoms with Crippen LogP contribution in [0.2, 0.25) is 0 Å². The van der Waals surface area contributed by atoms with Gasteiger partial charge >= 0.3 is 0 Å². The highest BCUT2D eigenvalue weighted by molar-refractivity contribution is 7.86. The molecule has 0 amide bonds. The van der Waals surface area contributed by atoms with Gasteiger partial charge in [0.25, 0.3) is 0 Å². The molecule has 170 valence electrons. The zero-order valence-electron chi connectivity index (χ0n) is 19.0. The summed E-state index contributed by atoms with van der Waals surface area (Å²) < 4.78 is 49.5. The Morgan fingerprint density at radius 2 is 0.625 bits per heavy atom. The van der Waals surface area contributed by atoms with E-state index in [1.807, 2.05) is 0 Å². The van der Waals surface area contributed by atoms with Crippen molar-refractivity contribution < 1.29 is 33.0 Å². The van der Waals surface area contributed by atoms with Gasteiger partial charge in [-0.25, -0.2) is 0 Å². The molecule has 0 aromatic heterocycles. The van der Waals surface area contributed by atoms with Crippen LogP contribution in [0.5, 0.6) is 34.5 Å². The van der Waals surface area contributed by atoms with Gasteiger partial charge in [-0.15, -0.1) is 0 Å². The number of ether oxygens (including phenoxy) is 6. The van der Waals surface area contributed by atoms with Crippen molar-refractivity contribution in [3.63, 3.8) is 0 Å². The van der Waals surface area contributed by atoms with Gasteiger partial charge < -0.3 is 33.0 Å². The largest absolute Gasteiger partial charge is 0.496 e. The number of rotatable bonds is 9. The van der Waals surface area contributed by atoms with E-state index in [1.54, 1.807) is 54.6 Å². The standard InChI is InChI=1S/C24H27O7P/c1-26-16-10-7-11-17(27-2)22(16)32(25,23-18(28-3)12-8-13-19(23)29-4)24-20(30-5)14-9-15-21(24)31-6/h7-15H,1-6H3. The first kappa shape index (κ1) is 23.4. The fraction of sp³-hybridized carbons (Fsp3) is 0.250. The molecule has 0 aliphatic carbocycles. The van der Waals surface area contributed by atoms with Crippen molar-refractivity contribution >= 4 is 23.1 Å². The van der Waals surface area contributed by atoms with Crippen molar-refractivity contribution in [1.29, 1.82) is 0 Å². The van der Waals surface area contributed by atoms with Gasteiger partial charge in [0.1, 0.15) is 50.4 Å². The Kier molecular flexibility index (Phi) is 7.21. The molecular weight excluding hydrogens is 431 g/mol. The van der Waals surface area contributed by atoms with Gasteiger partial charge in [-0.05, 0) is 36.4 Å². The summed E-state index contributed by atoms with van der Waals surface area (Å²) in [5.74, 6) is 2.30. The SMILES string of the molecule is COc1cccc(OC)c1P(=O)(c1c(OC)cccc1OC)c1c(OC)cccc1OC. The van der Waals surface area contributed by atoms with Crippen molar-refractivity contribution in [3.8, 4) is 34.5 Å². The predicted octanol–water partition coefficient (Wildman–Crippen LogP) is 3.38.